The van der Waals surface area contributed by atoms with Crippen molar-refractivity contribution >= 4 is 34.8 Å². The lowest BCUT2D eigenvalue weighted by molar-refractivity contribution is 0.957. The topological polar surface area (TPSA) is 89.6 Å². The molecule has 3 N–H and O–H groups in total. The van der Waals surface area contributed by atoms with Crippen LogP contribution in [0.2, 0.25) is 5.28 Å². The van der Waals surface area contributed by atoms with Gasteiger partial charge in [-0.2, -0.15) is 15.0 Å². The van der Waals surface area contributed by atoms with Gasteiger partial charge >= 0.3 is 0 Å². The number of nitrogens with zero attached hydrogens (tertiary/aromatic N) is 4. The van der Waals surface area contributed by atoms with Gasteiger partial charge in [-0.25, -0.2) is 4.98 Å². The van der Waals surface area contributed by atoms with Crippen LogP contribution in [0.5, 0.6) is 0 Å². The first-order valence-corrected chi connectivity index (χ1v) is 5.79. The van der Waals surface area contributed by atoms with Gasteiger partial charge in [-0.1, -0.05) is 0 Å². The third-order valence-electron chi connectivity index (χ3n) is 1.73. The van der Waals surface area contributed by atoms with Crippen molar-refractivity contribution in [3.63, 3.8) is 0 Å². The first-order valence-electron chi connectivity index (χ1n) is 4.53. The highest BCUT2D eigenvalue weighted by Gasteiger charge is 2.02. The summed E-state index contributed by atoms with van der Waals surface area (Å²) in [6, 6.07) is 0. The third-order valence-corrected chi connectivity index (χ3v) is 2.74. The van der Waals surface area contributed by atoms with E-state index in [1.807, 2.05) is 5.38 Å². The van der Waals surface area contributed by atoms with Gasteiger partial charge in [-0.3, -0.25) is 0 Å². The molecule has 0 aliphatic rings. The van der Waals surface area contributed by atoms with E-state index in [1.54, 1.807) is 17.5 Å². The molecule has 0 saturated heterocycles. The number of anilines is 2. The Morgan fingerprint density at radius 2 is 2.25 bits per heavy atom. The summed E-state index contributed by atoms with van der Waals surface area (Å²) >= 11 is 7.25. The molecule has 0 spiro atoms. The van der Waals surface area contributed by atoms with Gasteiger partial charge in [-0.15, -0.1) is 11.3 Å². The Balaban J connectivity index is 1.89. The smallest absolute Gasteiger partial charge is 0.228 e. The highest BCUT2D eigenvalue weighted by atomic mass is 35.5. The van der Waals surface area contributed by atoms with Crippen LogP contribution in [-0.2, 0) is 6.42 Å². The fourth-order valence-electron chi connectivity index (χ4n) is 1.10. The quantitative estimate of drug-likeness (QED) is 0.855. The van der Waals surface area contributed by atoms with Crippen LogP contribution in [0, 0.1) is 0 Å². The van der Waals surface area contributed by atoms with Crippen molar-refractivity contribution < 1.29 is 0 Å². The van der Waals surface area contributed by atoms with Crippen molar-refractivity contribution in [1.82, 2.24) is 19.9 Å². The molecule has 0 saturated carbocycles. The highest BCUT2D eigenvalue weighted by Crippen LogP contribution is 2.08. The molecular formula is C8H9ClN6S. The number of aromatic nitrogens is 4. The summed E-state index contributed by atoms with van der Waals surface area (Å²) in [6.45, 7) is 0.674. The van der Waals surface area contributed by atoms with Crippen molar-refractivity contribution in [3.05, 3.63) is 21.9 Å². The van der Waals surface area contributed by atoms with Crippen LogP contribution >= 0.6 is 22.9 Å². The Bertz CT molecular complexity index is 439. The zero-order valence-corrected chi connectivity index (χ0v) is 9.79. The molecule has 0 aliphatic carbocycles. The van der Waals surface area contributed by atoms with Gasteiger partial charge in [0.25, 0.3) is 0 Å². The van der Waals surface area contributed by atoms with Gasteiger partial charge in [0.1, 0.15) is 0 Å². The maximum atomic E-state index is 5.64. The van der Waals surface area contributed by atoms with E-state index < -0.39 is 0 Å². The minimum absolute atomic E-state index is 0.0873. The third kappa shape index (κ3) is 3.01. The van der Waals surface area contributed by atoms with E-state index in [4.69, 9.17) is 17.3 Å². The number of hydrogen-bond donors (Lipinski definition) is 2. The van der Waals surface area contributed by atoms with E-state index in [1.165, 1.54) is 0 Å². The van der Waals surface area contributed by atoms with Crippen LogP contribution in [-0.4, -0.2) is 26.5 Å². The summed E-state index contributed by atoms with van der Waals surface area (Å²) < 4.78 is 0. The predicted octanol–water partition coefficient (Wildman–Crippen LogP) is 1.22. The van der Waals surface area contributed by atoms with E-state index in [2.05, 4.69) is 25.3 Å². The summed E-state index contributed by atoms with van der Waals surface area (Å²) in [7, 11) is 0. The second-order valence-electron chi connectivity index (χ2n) is 2.89. The molecule has 8 heteroatoms. The van der Waals surface area contributed by atoms with Crippen LogP contribution < -0.4 is 11.1 Å². The Kier molecular flexibility index (Phi) is 3.47. The minimum atomic E-state index is 0.0873. The van der Waals surface area contributed by atoms with Crippen LogP contribution in [0.25, 0.3) is 0 Å². The van der Waals surface area contributed by atoms with Gasteiger partial charge < -0.3 is 11.1 Å². The molecule has 0 radical (unpaired) electrons. The summed E-state index contributed by atoms with van der Waals surface area (Å²) in [6.07, 6.45) is 2.58. The van der Waals surface area contributed by atoms with Crippen molar-refractivity contribution in [2.75, 3.05) is 17.6 Å². The van der Waals surface area contributed by atoms with Crippen molar-refractivity contribution in [1.29, 1.82) is 0 Å². The zero-order chi connectivity index (χ0) is 11.4. The van der Waals surface area contributed by atoms with Crippen molar-refractivity contribution in [3.8, 4) is 0 Å². The Hall–Kier alpha value is -1.47. The molecule has 0 unspecified atom stereocenters. The normalized spacial score (nSPS) is 10.3. The molecular weight excluding hydrogens is 248 g/mol. The first-order chi connectivity index (χ1) is 7.74. The lowest BCUT2D eigenvalue weighted by atomic mass is 10.4. The number of rotatable bonds is 4. The molecule has 0 aliphatic heterocycles. The Morgan fingerprint density at radius 1 is 1.38 bits per heavy atom. The lowest BCUT2D eigenvalue weighted by Crippen LogP contribution is -2.10. The number of nitrogens with one attached hydrogen (secondary N) is 1. The number of thiazole rings is 1. The van der Waals surface area contributed by atoms with Crippen molar-refractivity contribution in [2.24, 2.45) is 0 Å². The van der Waals surface area contributed by atoms with E-state index in [0.717, 1.165) is 11.4 Å². The molecule has 2 aromatic heterocycles. The predicted molar refractivity (Wildman–Crippen MR) is 63.6 cm³/mol. The molecule has 0 aromatic carbocycles. The van der Waals surface area contributed by atoms with Crippen LogP contribution in [0.1, 0.15) is 5.01 Å². The Morgan fingerprint density at radius 3 is 2.94 bits per heavy atom. The molecule has 0 atom stereocenters. The molecule has 0 bridgehead atoms. The van der Waals surface area contributed by atoms with Gasteiger partial charge in [-0.05, 0) is 11.6 Å². The van der Waals surface area contributed by atoms with Gasteiger partial charge in [0.2, 0.25) is 17.2 Å². The van der Waals surface area contributed by atoms with E-state index in [0.29, 0.717) is 12.5 Å². The molecule has 2 aromatic rings. The maximum absolute atomic E-state index is 5.64. The summed E-state index contributed by atoms with van der Waals surface area (Å²) in [4.78, 5) is 15.6. The highest BCUT2D eigenvalue weighted by molar-refractivity contribution is 7.09. The Labute approximate surface area is 101 Å². The zero-order valence-electron chi connectivity index (χ0n) is 8.22. The summed E-state index contributed by atoms with van der Waals surface area (Å²) in [5.74, 6) is 0.491. The van der Waals surface area contributed by atoms with E-state index in [9.17, 15) is 0 Å². The number of hydrogen-bond acceptors (Lipinski definition) is 7. The van der Waals surface area contributed by atoms with Gasteiger partial charge in [0, 0.05) is 24.5 Å². The standard InChI is InChI=1S/C8H9ClN6S/c9-6-13-7(10)15-8(14-6)12-2-1-5-11-3-4-16-5/h3-4H,1-2H2,(H3,10,12,13,14,15). The van der Waals surface area contributed by atoms with Crippen molar-refractivity contribution in [2.45, 2.75) is 6.42 Å². The summed E-state index contributed by atoms with van der Waals surface area (Å²) in [5, 5.41) is 6.09. The number of nitrogens with two attached hydrogens (primary N) is 1. The fraction of sp³-hybridized carbons (Fsp3) is 0.250. The molecule has 0 fully saturated rings. The van der Waals surface area contributed by atoms with Crippen LogP contribution in [0.15, 0.2) is 11.6 Å². The van der Waals surface area contributed by atoms with Gasteiger partial charge in [0.15, 0.2) is 0 Å². The molecule has 2 rings (SSSR count). The number of nitrogen functional groups attached to an aromatic ring is 1. The number of halogens is 1. The van der Waals surface area contributed by atoms with Crippen LogP contribution in [0.3, 0.4) is 0 Å². The SMILES string of the molecule is Nc1nc(Cl)nc(NCCc2nccs2)n1. The average Bonchev–Trinajstić information content (AvgIpc) is 2.69. The second kappa shape index (κ2) is 5.04. The first kappa shape index (κ1) is 11.0. The summed E-state index contributed by atoms with van der Waals surface area (Å²) in [5.41, 5.74) is 5.43. The lowest BCUT2D eigenvalue weighted by Gasteiger charge is -2.03. The monoisotopic (exact) mass is 256 g/mol. The molecule has 6 nitrogen and oxygen atoms in total. The van der Waals surface area contributed by atoms with Crippen LogP contribution in [0.4, 0.5) is 11.9 Å². The molecule has 84 valence electrons. The molecule has 0 amide bonds. The molecule has 16 heavy (non-hydrogen) atoms. The minimum Gasteiger partial charge on any atom is -0.368 e. The second-order valence-corrected chi connectivity index (χ2v) is 4.21. The van der Waals surface area contributed by atoms with E-state index >= 15 is 0 Å². The molecule has 2 heterocycles. The fourth-order valence-corrected chi connectivity index (χ4v) is 1.89. The largest absolute Gasteiger partial charge is 0.368 e. The van der Waals surface area contributed by atoms with Gasteiger partial charge in [0.05, 0.1) is 5.01 Å². The van der Waals surface area contributed by atoms with E-state index in [-0.39, 0.29) is 11.2 Å². The maximum Gasteiger partial charge on any atom is 0.228 e. The average molecular weight is 257 g/mol.